The quantitative estimate of drug-likeness (QED) is 0.833. The van der Waals surface area contributed by atoms with Crippen molar-refractivity contribution in [1.82, 2.24) is 0 Å². The number of nitriles is 1. The first kappa shape index (κ1) is 15.0. The van der Waals surface area contributed by atoms with E-state index in [0.717, 1.165) is 17.5 Å². The van der Waals surface area contributed by atoms with Gasteiger partial charge in [0.05, 0.1) is 6.07 Å². The number of benzene rings is 2. The number of hydrogen-bond donors (Lipinski definition) is 0. The van der Waals surface area contributed by atoms with Gasteiger partial charge in [-0.15, -0.1) is 0 Å². The van der Waals surface area contributed by atoms with Crippen molar-refractivity contribution in [3.63, 3.8) is 0 Å². The zero-order valence-corrected chi connectivity index (χ0v) is 12.5. The molecule has 21 heavy (non-hydrogen) atoms. The second kappa shape index (κ2) is 6.37. The van der Waals surface area contributed by atoms with Crippen LogP contribution in [0.1, 0.15) is 30.5 Å². The van der Waals surface area contributed by atoms with E-state index < -0.39 is 5.41 Å². The molecule has 0 bridgehead atoms. The SMILES string of the molecule is CCc1ccc(CC(C#N)(C(C)=O)c2ccccc2)cc1. The summed E-state index contributed by atoms with van der Waals surface area (Å²) in [5.74, 6) is -0.115. The number of hydrogen-bond acceptors (Lipinski definition) is 2. The molecule has 0 aliphatic rings. The van der Waals surface area contributed by atoms with Crippen LogP contribution in [0.5, 0.6) is 0 Å². The number of Topliss-reactive ketones (excluding diaryl/α,β-unsaturated/α-hetero) is 1. The van der Waals surface area contributed by atoms with Gasteiger partial charge in [0.2, 0.25) is 0 Å². The lowest BCUT2D eigenvalue weighted by Gasteiger charge is -2.24. The first-order chi connectivity index (χ1) is 10.1. The van der Waals surface area contributed by atoms with Gasteiger partial charge < -0.3 is 0 Å². The van der Waals surface area contributed by atoms with Gasteiger partial charge in [-0.25, -0.2) is 0 Å². The number of ketones is 1. The summed E-state index contributed by atoms with van der Waals surface area (Å²) in [5, 5.41) is 9.69. The average Bonchev–Trinajstić information content (AvgIpc) is 2.54. The maximum absolute atomic E-state index is 12.2. The Balaban J connectivity index is 2.42. The van der Waals surface area contributed by atoms with Gasteiger partial charge in [-0.3, -0.25) is 4.79 Å². The van der Waals surface area contributed by atoms with Gasteiger partial charge in [-0.2, -0.15) is 5.26 Å². The fraction of sp³-hybridized carbons (Fsp3) is 0.263. The molecule has 1 unspecified atom stereocenters. The van der Waals surface area contributed by atoms with E-state index in [1.54, 1.807) is 0 Å². The van der Waals surface area contributed by atoms with E-state index >= 15 is 0 Å². The summed E-state index contributed by atoms with van der Waals surface area (Å²) in [6, 6.07) is 19.7. The molecule has 0 amide bonds. The van der Waals surface area contributed by atoms with Gasteiger partial charge in [0, 0.05) is 6.42 Å². The van der Waals surface area contributed by atoms with Crippen molar-refractivity contribution < 1.29 is 4.79 Å². The lowest BCUT2D eigenvalue weighted by atomic mass is 9.74. The van der Waals surface area contributed by atoms with Gasteiger partial charge in [-0.05, 0) is 30.0 Å². The zero-order chi connectivity index (χ0) is 15.3. The summed E-state index contributed by atoms with van der Waals surface area (Å²) < 4.78 is 0. The van der Waals surface area contributed by atoms with Crippen LogP contribution in [-0.4, -0.2) is 5.78 Å². The summed E-state index contributed by atoms with van der Waals surface area (Å²) in [4.78, 5) is 12.2. The molecule has 2 aromatic rings. The highest BCUT2D eigenvalue weighted by atomic mass is 16.1. The van der Waals surface area contributed by atoms with Crippen molar-refractivity contribution in [2.24, 2.45) is 0 Å². The summed E-state index contributed by atoms with van der Waals surface area (Å²) in [6.07, 6.45) is 1.39. The Kier molecular flexibility index (Phi) is 4.55. The molecule has 0 fully saturated rings. The molecule has 0 heterocycles. The van der Waals surface area contributed by atoms with E-state index in [-0.39, 0.29) is 5.78 Å². The maximum atomic E-state index is 12.2. The van der Waals surface area contributed by atoms with E-state index in [1.165, 1.54) is 12.5 Å². The Morgan fingerprint density at radius 1 is 1.05 bits per heavy atom. The van der Waals surface area contributed by atoms with Gasteiger partial charge >= 0.3 is 0 Å². The van der Waals surface area contributed by atoms with Crippen LogP contribution in [0.25, 0.3) is 0 Å². The summed E-state index contributed by atoms with van der Waals surface area (Å²) in [7, 11) is 0. The molecule has 0 radical (unpaired) electrons. The highest BCUT2D eigenvalue weighted by Gasteiger charge is 2.37. The molecule has 0 N–H and O–H groups in total. The van der Waals surface area contributed by atoms with Crippen LogP contribution in [0.3, 0.4) is 0 Å². The lowest BCUT2D eigenvalue weighted by molar-refractivity contribution is -0.120. The van der Waals surface area contributed by atoms with Crippen LogP contribution in [0, 0.1) is 11.3 Å². The van der Waals surface area contributed by atoms with Crippen molar-refractivity contribution in [2.45, 2.75) is 32.1 Å². The molecule has 0 saturated carbocycles. The summed E-state index contributed by atoms with van der Waals surface area (Å²) in [6.45, 7) is 3.60. The van der Waals surface area contributed by atoms with Gasteiger partial charge in [-0.1, -0.05) is 61.5 Å². The van der Waals surface area contributed by atoms with Crippen molar-refractivity contribution >= 4 is 5.78 Å². The number of carbonyl (C=O) groups excluding carboxylic acids is 1. The third kappa shape index (κ3) is 3.03. The first-order valence-corrected chi connectivity index (χ1v) is 7.18. The first-order valence-electron chi connectivity index (χ1n) is 7.18. The Hall–Kier alpha value is -2.40. The fourth-order valence-corrected chi connectivity index (χ4v) is 2.53. The highest BCUT2D eigenvalue weighted by molar-refractivity contribution is 5.91. The summed E-state index contributed by atoms with van der Waals surface area (Å²) in [5.41, 5.74) is 1.92. The molecule has 1 atom stereocenters. The highest BCUT2D eigenvalue weighted by Crippen LogP contribution is 2.29. The van der Waals surface area contributed by atoms with Crippen LogP contribution < -0.4 is 0 Å². The van der Waals surface area contributed by atoms with E-state index in [0.29, 0.717) is 6.42 Å². The molecule has 0 saturated heterocycles. The average molecular weight is 277 g/mol. The van der Waals surface area contributed by atoms with E-state index in [1.807, 2.05) is 42.5 Å². The van der Waals surface area contributed by atoms with Crippen molar-refractivity contribution in [3.8, 4) is 6.07 Å². The molecule has 2 rings (SSSR count). The molecule has 106 valence electrons. The third-order valence-electron chi connectivity index (χ3n) is 3.96. The largest absolute Gasteiger partial charge is 0.298 e. The molecule has 0 aliphatic carbocycles. The van der Waals surface area contributed by atoms with Gasteiger partial charge in [0.1, 0.15) is 5.41 Å². The second-order valence-electron chi connectivity index (χ2n) is 5.29. The molecule has 0 aliphatic heterocycles. The fourth-order valence-electron chi connectivity index (χ4n) is 2.53. The Morgan fingerprint density at radius 2 is 1.62 bits per heavy atom. The minimum Gasteiger partial charge on any atom is -0.298 e. The lowest BCUT2D eigenvalue weighted by Crippen LogP contribution is -2.35. The van der Waals surface area contributed by atoms with E-state index in [4.69, 9.17) is 0 Å². The topological polar surface area (TPSA) is 40.9 Å². The number of nitrogens with zero attached hydrogens (tertiary/aromatic N) is 1. The Labute approximate surface area is 126 Å². The van der Waals surface area contributed by atoms with E-state index in [9.17, 15) is 10.1 Å². The predicted octanol–water partition coefficient (Wildman–Crippen LogP) is 3.84. The van der Waals surface area contributed by atoms with Crippen LogP contribution in [0.2, 0.25) is 0 Å². The summed E-state index contributed by atoms with van der Waals surface area (Å²) >= 11 is 0. The van der Waals surface area contributed by atoms with Crippen molar-refractivity contribution in [3.05, 3.63) is 71.3 Å². The molecule has 0 spiro atoms. The Bertz CT molecular complexity index is 652. The third-order valence-corrected chi connectivity index (χ3v) is 3.96. The maximum Gasteiger partial charge on any atom is 0.154 e. The normalized spacial score (nSPS) is 13.2. The standard InChI is InChI=1S/C19H19NO/c1-3-16-9-11-17(12-10-16)13-19(14-20,15(2)21)18-7-5-4-6-8-18/h4-12H,3,13H2,1-2H3. The molecule has 2 heteroatoms. The van der Waals surface area contributed by atoms with Crippen molar-refractivity contribution in [2.75, 3.05) is 0 Å². The number of aryl methyl sites for hydroxylation is 1. The minimum atomic E-state index is -1.10. The molecular weight excluding hydrogens is 258 g/mol. The zero-order valence-electron chi connectivity index (χ0n) is 12.5. The van der Waals surface area contributed by atoms with Gasteiger partial charge in [0.25, 0.3) is 0 Å². The van der Waals surface area contributed by atoms with E-state index in [2.05, 4.69) is 25.1 Å². The second-order valence-corrected chi connectivity index (χ2v) is 5.29. The van der Waals surface area contributed by atoms with Gasteiger partial charge in [0.15, 0.2) is 5.78 Å². The van der Waals surface area contributed by atoms with Crippen LogP contribution >= 0.6 is 0 Å². The van der Waals surface area contributed by atoms with Crippen molar-refractivity contribution in [1.29, 1.82) is 5.26 Å². The molecule has 2 nitrogen and oxygen atoms in total. The molecule has 0 aromatic heterocycles. The smallest absolute Gasteiger partial charge is 0.154 e. The number of rotatable bonds is 5. The monoisotopic (exact) mass is 277 g/mol. The molecule has 2 aromatic carbocycles. The molecular formula is C19H19NO. The van der Waals surface area contributed by atoms with Crippen LogP contribution in [0.15, 0.2) is 54.6 Å². The van der Waals surface area contributed by atoms with Crippen LogP contribution in [0.4, 0.5) is 0 Å². The predicted molar refractivity (Wildman–Crippen MR) is 83.9 cm³/mol. The van der Waals surface area contributed by atoms with Crippen LogP contribution in [-0.2, 0) is 23.1 Å². The Morgan fingerprint density at radius 3 is 2.10 bits per heavy atom. The minimum absolute atomic E-state index is 0.115. The number of carbonyl (C=O) groups is 1.